The van der Waals surface area contributed by atoms with Crippen LogP contribution >= 0.6 is 11.6 Å². The lowest BCUT2D eigenvalue weighted by atomic mass is 10.1. The van der Waals surface area contributed by atoms with Crippen molar-refractivity contribution in [1.29, 1.82) is 5.26 Å². The summed E-state index contributed by atoms with van der Waals surface area (Å²) in [5, 5.41) is 17.4. The predicted octanol–water partition coefficient (Wildman–Crippen LogP) is 0.238. The number of carbonyl (C=O) groups excluding carboxylic acids is 2. The van der Waals surface area contributed by atoms with Gasteiger partial charge in [-0.1, -0.05) is 11.6 Å². The first-order chi connectivity index (χ1) is 9.10. The molecule has 98 valence electrons. The number of nitrogens with zero attached hydrogens (tertiary/aromatic N) is 1. The van der Waals surface area contributed by atoms with E-state index < -0.39 is 6.04 Å². The summed E-state index contributed by atoms with van der Waals surface area (Å²) in [6.45, 7) is 0.311. The number of benzene rings is 1. The van der Waals surface area contributed by atoms with E-state index in [0.717, 1.165) is 0 Å². The molecule has 0 radical (unpaired) electrons. The summed E-state index contributed by atoms with van der Waals surface area (Å²) in [7, 11) is 0. The Hall–Kier alpha value is -2.10. The number of carbonyl (C=O) groups is 2. The number of hydrogen-bond donors (Lipinski definition) is 3. The second-order valence-electron chi connectivity index (χ2n) is 4.03. The highest BCUT2D eigenvalue weighted by atomic mass is 35.5. The molecule has 19 heavy (non-hydrogen) atoms. The van der Waals surface area contributed by atoms with Crippen molar-refractivity contribution in [2.75, 3.05) is 18.4 Å². The number of amides is 2. The minimum atomic E-state index is -0.525. The van der Waals surface area contributed by atoms with Crippen LogP contribution in [0.2, 0.25) is 5.02 Å². The number of hydrogen-bond acceptors (Lipinski definition) is 4. The van der Waals surface area contributed by atoms with E-state index in [1.807, 2.05) is 6.07 Å². The van der Waals surface area contributed by atoms with Crippen LogP contribution in [0.4, 0.5) is 5.69 Å². The summed E-state index contributed by atoms with van der Waals surface area (Å²) >= 11 is 5.83. The molecule has 1 aromatic rings. The Bertz CT molecular complexity index is 557. The molecule has 0 bridgehead atoms. The van der Waals surface area contributed by atoms with Gasteiger partial charge >= 0.3 is 0 Å². The lowest BCUT2D eigenvalue weighted by Crippen LogP contribution is -2.56. The maximum atomic E-state index is 12.0. The maximum Gasteiger partial charge on any atom is 0.243 e. The Morgan fingerprint density at radius 2 is 2.32 bits per heavy atom. The molecule has 1 aliphatic rings. The highest BCUT2D eigenvalue weighted by Gasteiger charge is 2.24. The summed E-state index contributed by atoms with van der Waals surface area (Å²) in [5.74, 6) is -0.469. The van der Waals surface area contributed by atoms with E-state index in [-0.39, 0.29) is 24.9 Å². The Labute approximate surface area is 114 Å². The smallest absolute Gasteiger partial charge is 0.243 e. The molecule has 2 rings (SSSR count). The average Bonchev–Trinajstić information content (AvgIpc) is 2.39. The van der Waals surface area contributed by atoms with Gasteiger partial charge in [0.05, 0.1) is 17.8 Å². The van der Waals surface area contributed by atoms with Crippen molar-refractivity contribution in [1.82, 2.24) is 10.6 Å². The molecule has 1 heterocycles. The predicted molar refractivity (Wildman–Crippen MR) is 69.6 cm³/mol. The molecule has 3 N–H and O–H groups in total. The molecule has 1 unspecified atom stereocenters. The monoisotopic (exact) mass is 278 g/mol. The topological polar surface area (TPSA) is 94.0 Å². The van der Waals surface area contributed by atoms with Crippen LogP contribution in [0.1, 0.15) is 5.56 Å². The normalized spacial score (nSPS) is 18.3. The van der Waals surface area contributed by atoms with Gasteiger partial charge in [-0.2, -0.15) is 5.26 Å². The van der Waals surface area contributed by atoms with E-state index in [9.17, 15) is 9.59 Å². The van der Waals surface area contributed by atoms with E-state index in [0.29, 0.717) is 16.3 Å². The molecule has 1 saturated heterocycles. The molecule has 0 saturated carbocycles. The van der Waals surface area contributed by atoms with Crippen LogP contribution in [0.5, 0.6) is 0 Å². The third-order valence-electron chi connectivity index (χ3n) is 2.69. The van der Waals surface area contributed by atoms with Gasteiger partial charge in [0.2, 0.25) is 11.8 Å². The molecular formula is C12H11ClN4O2. The van der Waals surface area contributed by atoms with Gasteiger partial charge in [-0.25, -0.2) is 0 Å². The van der Waals surface area contributed by atoms with Gasteiger partial charge in [-0.3, -0.25) is 14.9 Å². The first-order valence-corrected chi connectivity index (χ1v) is 5.98. The van der Waals surface area contributed by atoms with Crippen molar-refractivity contribution < 1.29 is 9.59 Å². The summed E-state index contributed by atoms with van der Waals surface area (Å²) < 4.78 is 0. The second-order valence-corrected chi connectivity index (χ2v) is 4.46. The van der Waals surface area contributed by atoms with Crippen LogP contribution < -0.4 is 16.0 Å². The van der Waals surface area contributed by atoms with Crippen LogP contribution in [0.15, 0.2) is 18.2 Å². The molecule has 1 fully saturated rings. The highest BCUT2D eigenvalue weighted by molar-refractivity contribution is 6.31. The molecule has 0 aliphatic carbocycles. The lowest BCUT2D eigenvalue weighted by Gasteiger charge is -2.23. The largest absolute Gasteiger partial charge is 0.353 e. The zero-order valence-corrected chi connectivity index (χ0v) is 10.6. The Morgan fingerprint density at radius 1 is 1.53 bits per heavy atom. The van der Waals surface area contributed by atoms with E-state index >= 15 is 0 Å². The quantitative estimate of drug-likeness (QED) is 0.722. The molecule has 6 nitrogen and oxygen atoms in total. The molecule has 0 spiro atoms. The summed E-state index contributed by atoms with van der Waals surface area (Å²) in [6.07, 6.45) is 0. The van der Waals surface area contributed by atoms with Gasteiger partial charge in [-0.05, 0) is 18.2 Å². The van der Waals surface area contributed by atoms with Crippen LogP contribution in [-0.4, -0.2) is 30.9 Å². The second kappa shape index (κ2) is 5.69. The molecular weight excluding hydrogens is 268 g/mol. The Kier molecular flexibility index (Phi) is 4.00. The Morgan fingerprint density at radius 3 is 2.95 bits per heavy atom. The molecule has 7 heteroatoms. The van der Waals surface area contributed by atoms with Gasteiger partial charge in [0.1, 0.15) is 12.1 Å². The van der Waals surface area contributed by atoms with Crippen LogP contribution in [-0.2, 0) is 9.59 Å². The van der Waals surface area contributed by atoms with Gasteiger partial charge in [0, 0.05) is 11.6 Å². The summed E-state index contributed by atoms with van der Waals surface area (Å²) in [5.41, 5.74) is 0.691. The van der Waals surface area contributed by atoms with Crippen molar-refractivity contribution >= 4 is 29.1 Å². The van der Waals surface area contributed by atoms with E-state index in [1.165, 1.54) is 12.1 Å². The first kappa shape index (κ1) is 13.3. The van der Waals surface area contributed by atoms with Crippen LogP contribution in [0, 0.1) is 11.3 Å². The molecule has 0 aromatic heterocycles. The minimum absolute atomic E-state index is 0.0960. The molecule has 1 aliphatic heterocycles. The van der Waals surface area contributed by atoms with Crippen LogP contribution in [0.3, 0.4) is 0 Å². The average molecular weight is 279 g/mol. The van der Waals surface area contributed by atoms with Crippen molar-refractivity contribution in [3.63, 3.8) is 0 Å². The minimum Gasteiger partial charge on any atom is -0.353 e. The fraction of sp³-hybridized carbons (Fsp3) is 0.250. The highest BCUT2D eigenvalue weighted by Crippen LogP contribution is 2.20. The number of nitriles is 1. The third kappa shape index (κ3) is 3.22. The number of anilines is 1. The van der Waals surface area contributed by atoms with Crippen molar-refractivity contribution in [2.45, 2.75) is 6.04 Å². The number of rotatable bonds is 2. The summed E-state index contributed by atoms with van der Waals surface area (Å²) in [6, 6.07) is 6.08. The fourth-order valence-corrected chi connectivity index (χ4v) is 1.86. The first-order valence-electron chi connectivity index (χ1n) is 5.61. The zero-order chi connectivity index (χ0) is 13.8. The van der Waals surface area contributed by atoms with Crippen molar-refractivity contribution in [3.05, 3.63) is 28.8 Å². The van der Waals surface area contributed by atoms with Gasteiger partial charge in [0.25, 0.3) is 0 Å². The zero-order valence-electron chi connectivity index (χ0n) is 9.87. The Balaban J connectivity index is 2.09. The number of piperazine rings is 1. The fourth-order valence-electron chi connectivity index (χ4n) is 1.69. The number of halogens is 1. The van der Waals surface area contributed by atoms with Gasteiger partial charge in [-0.15, -0.1) is 0 Å². The van der Waals surface area contributed by atoms with Crippen molar-refractivity contribution in [3.8, 4) is 6.07 Å². The standard InChI is InChI=1S/C12H11ClN4O2/c13-8-2-1-7(4-14)9(3-8)17-12(19)10-5-16-11(18)6-15-10/h1-3,10,15H,5-6H2,(H,16,18)(H,17,19). The SMILES string of the molecule is N#Cc1ccc(Cl)cc1NC(=O)C1CNC(=O)CN1. The van der Waals surface area contributed by atoms with E-state index in [1.54, 1.807) is 6.07 Å². The molecule has 1 aromatic carbocycles. The summed E-state index contributed by atoms with van der Waals surface area (Å²) in [4.78, 5) is 22.9. The van der Waals surface area contributed by atoms with Gasteiger partial charge in [0.15, 0.2) is 0 Å². The molecule has 1 atom stereocenters. The van der Waals surface area contributed by atoms with E-state index in [2.05, 4.69) is 16.0 Å². The maximum absolute atomic E-state index is 12.0. The van der Waals surface area contributed by atoms with Crippen LogP contribution in [0.25, 0.3) is 0 Å². The van der Waals surface area contributed by atoms with Gasteiger partial charge < -0.3 is 10.6 Å². The molecule has 2 amide bonds. The lowest BCUT2D eigenvalue weighted by molar-refractivity contribution is -0.124. The number of nitrogens with one attached hydrogen (secondary N) is 3. The third-order valence-corrected chi connectivity index (χ3v) is 2.92. The van der Waals surface area contributed by atoms with E-state index in [4.69, 9.17) is 16.9 Å². The van der Waals surface area contributed by atoms with Crippen molar-refractivity contribution in [2.24, 2.45) is 0 Å².